The van der Waals surface area contributed by atoms with Crippen LogP contribution in [0.1, 0.15) is 20.8 Å². The molecule has 0 aliphatic carbocycles. The number of fused-ring (bicyclic) bond motifs is 1. The predicted octanol–water partition coefficient (Wildman–Crippen LogP) is 4.11. The second-order valence-electron chi connectivity index (χ2n) is 4.70. The number of aryl methyl sites for hydroxylation is 1. The van der Waals surface area contributed by atoms with Crippen LogP contribution in [0.3, 0.4) is 0 Å². The number of carbonyl (C=O) groups is 2. The van der Waals surface area contributed by atoms with Gasteiger partial charge in [-0.15, -0.1) is 11.3 Å². The molecule has 0 spiro atoms. The summed E-state index contributed by atoms with van der Waals surface area (Å²) < 4.78 is 5.89. The fraction of sp³-hybridized carbons (Fsp3) is 0.133. The Hall–Kier alpha value is -2.45. The number of carbonyl (C=O) groups excluding carboxylic acids is 1. The van der Waals surface area contributed by atoms with Gasteiger partial charge in [-0.05, 0) is 18.1 Å². The second kappa shape index (κ2) is 6.35. The molecule has 23 heavy (non-hydrogen) atoms. The minimum atomic E-state index is -0.963. The molecule has 0 atom stereocenters. The summed E-state index contributed by atoms with van der Waals surface area (Å²) in [6.45, 7) is 1.91. The van der Waals surface area contributed by atoms with Gasteiger partial charge in [-0.2, -0.15) is 0 Å². The molecule has 0 saturated heterocycles. The van der Waals surface area contributed by atoms with Crippen LogP contribution in [0.2, 0.25) is 0 Å². The smallest absolute Gasteiger partial charge is 0.413 e. The van der Waals surface area contributed by atoms with E-state index in [1.165, 1.54) is 11.3 Å². The van der Waals surface area contributed by atoms with Crippen LogP contribution in [-0.4, -0.2) is 22.2 Å². The maximum Gasteiger partial charge on any atom is 0.413 e. The van der Waals surface area contributed by atoms with Gasteiger partial charge in [-0.25, -0.2) is 14.6 Å². The molecule has 0 aliphatic rings. The number of nitrogens with one attached hydrogen (secondary N) is 1. The molecule has 8 heteroatoms. The molecule has 0 saturated carbocycles. The van der Waals surface area contributed by atoms with Crippen molar-refractivity contribution in [1.29, 1.82) is 0 Å². The molecule has 0 unspecified atom stereocenters. The van der Waals surface area contributed by atoms with Crippen LogP contribution in [-0.2, 0) is 11.3 Å². The van der Waals surface area contributed by atoms with E-state index in [2.05, 4.69) is 10.3 Å². The Kier molecular flexibility index (Phi) is 4.26. The van der Waals surface area contributed by atoms with E-state index in [9.17, 15) is 9.59 Å². The van der Waals surface area contributed by atoms with Crippen molar-refractivity contribution >= 4 is 49.4 Å². The number of thiazole rings is 1. The lowest BCUT2D eigenvalue weighted by atomic mass is 10.2. The molecule has 0 bridgehead atoms. The van der Waals surface area contributed by atoms with Crippen LogP contribution in [0.4, 0.5) is 9.93 Å². The normalized spacial score (nSPS) is 10.7. The van der Waals surface area contributed by atoms with Gasteiger partial charge >= 0.3 is 12.1 Å². The highest BCUT2D eigenvalue weighted by Crippen LogP contribution is 2.36. The predicted molar refractivity (Wildman–Crippen MR) is 89.4 cm³/mol. The molecule has 6 nitrogen and oxygen atoms in total. The zero-order chi connectivity index (χ0) is 16.4. The van der Waals surface area contributed by atoms with E-state index in [4.69, 9.17) is 9.84 Å². The van der Waals surface area contributed by atoms with Crippen molar-refractivity contribution in [1.82, 2.24) is 4.98 Å². The average Bonchev–Trinajstić information content (AvgIpc) is 3.05. The van der Waals surface area contributed by atoms with Gasteiger partial charge in [0, 0.05) is 0 Å². The zero-order valence-corrected chi connectivity index (χ0v) is 13.7. The fourth-order valence-electron chi connectivity index (χ4n) is 1.99. The highest BCUT2D eigenvalue weighted by Gasteiger charge is 2.19. The Morgan fingerprint density at radius 3 is 2.65 bits per heavy atom. The summed E-state index contributed by atoms with van der Waals surface area (Å²) in [6, 6.07) is 9.36. The van der Waals surface area contributed by atoms with E-state index in [0.717, 1.165) is 21.6 Å². The molecule has 0 aliphatic heterocycles. The topological polar surface area (TPSA) is 88.5 Å². The lowest BCUT2D eigenvalue weighted by molar-refractivity contribution is 0.0701. The molecule has 0 fully saturated rings. The van der Waals surface area contributed by atoms with Crippen molar-refractivity contribution in [2.75, 3.05) is 5.32 Å². The quantitative estimate of drug-likeness (QED) is 0.740. The first kappa shape index (κ1) is 15.4. The van der Waals surface area contributed by atoms with Gasteiger partial charge < -0.3 is 9.84 Å². The van der Waals surface area contributed by atoms with E-state index in [0.29, 0.717) is 15.5 Å². The number of hydrogen-bond donors (Lipinski definition) is 2. The molecule has 3 rings (SSSR count). The number of aromatic carboxylic acids is 1. The Balaban J connectivity index is 1.67. The summed E-state index contributed by atoms with van der Waals surface area (Å²) in [4.78, 5) is 28.0. The monoisotopic (exact) mass is 348 g/mol. The van der Waals surface area contributed by atoms with Gasteiger partial charge in [0.1, 0.15) is 16.3 Å². The summed E-state index contributed by atoms with van der Waals surface area (Å²) in [5.41, 5.74) is 1.56. The number of rotatable bonds is 4. The van der Waals surface area contributed by atoms with E-state index in [1.807, 2.05) is 30.3 Å². The summed E-state index contributed by atoms with van der Waals surface area (Å²) in [5.74, 6) is -0.963. The van der Waals surface area contributed by atoms with Gasteiger partial charge in [0.25, 0.3) is 0 Å². The van der Waals surface area contributed by atoms with Crippen LogP contribution in [0.15, 0.2) is 30.3 Å². The first-order chi connectivity index (χ1) is 11.0. The molecule has 2 heterocycles. The third-order valence-corrected chi connectivity index (χ3v) is 5.49. The molecular formula is C15H12N2O4S2. The van der Waals surface area contributed by atoms with Crippen molar-refractivity contribution in [2.45, 2.75) is 13.5 Å². The van der Waals surface area contributed by atoms with Crippen molar-refractivity contribution < 1.29 is 19.4 Å². The first-order valence-electron chi connectivity index (χ1n) is 6.65. The Bertz CT molecular complexity index is 870. The van der Waals surface area contributed by atoms with Crippen molar-refractivity contribution in [3.63, 3.8) is 0 Å². The van der Waals surface area contributed by atoms with Gasteiger partial charge in [-0.3, -0.25) is 5.32 Å². The molecule has 0 radical (unpaired) electrons. The number of benzene rings is 1. The van der Waals surface area contributed by atoms with Crippen LogP contribution in [0.25, 0.3) is 9.53 Å². The molecule has 2 aromatic heterocycles. The highest BCUT2D eigenvalue weighted by atomic mass is 32.1. The lowest BCUT2D eigenvalue weighted by Gasteiger charge is -2.04. The lowest BCUT2D eigenvalue weighted by Crippen LogP contribution is -2.13. The fourth-order valence-corrected chi connectivity index (χ4v) is 4.14. The van der Waals surface area contributed by atoms with E-state index in [1.54, 1.807) is 6.92 Å². The van der Waals surface area contributed by atoms with E-state index >= 15 is 0 Å². The molecule has 3 aromatic rings. The molecule has 2 N–H and O–H groups in total. The number of ether oxygens (including phenoxy) is 1. The summed E-state index contributed by atoms with van der Waals surface area (Å²) >= 11 is 2.33. The SMILES string of the molecule is Cc1c(C(=O)O)sc2nc(NC(=O)OCc3ccccc3)sc12. The van der Waals surface area contributed by atoms with Gasteiger partial charge in [-0.1, -0.05) is 41.7 Å². The molecule has 118 valence electrons. The Labute approximate surface area is 139 Å². The van der Waals surface area contributed by atoms with Gasteiger partial charge in [0.15, 0.2) is 5.13 Å². The average molecular weight is 348 g/mol. The second-order valence-corrected chi connectivity index (χ2v) is 6.70. The van der Waals surface area contributed by atoms with Crippen LogP contribution in [0.5, 0.6) is 0 Å². The van der Waals surface area contributed by atoms with Crippen LogP contribution >= 0.6 is 22.7 Å². The van der Waals surface area contributed by atoms with Crippen molar-refractivity contribution in [3.05, 3.63) is 46.3 Å². The minimum Gasteiger partial charge on any atom is -0.477 e. The number of thiophene rings is 1. The zero-order valence-electron chi connectivity index (χ0n) is 12.0. The van der Waals surface area contributed by atoms with Gasteiger partial charge in [0.05, 0.1) is 4.70 Å². The van der Waals surface area contributed by atoms with Crippen LogP contribution in [0, 0.1) is 6.92 Å². The molecular weight excluding hydrogens is 336 g/mol. The Morgan fingerprint density at radius 2 is 2.00 bits per heavy atom. The van der Waals surface area contributed by atoms with Crippen molar-refractivity contribution in [3.8, 4) is 0 Å². The number of carboxylic acids is 1. The largest absolute Gasteiger partial charge is 0.477 e. The molecule has 1 aromatic carbocycles. The summed E-state index contributed by atoms with van der Waals surface area (Å²) in [5, 5.41) is 12.0. The minimum absolute atomic E-state index is 0.175. The number of anilines is 1. The van der Waals surface area contributed by atoms with E-state index < -0.39 is 12.1 Å². The third kappa shape index (κ3) is 3.33. The standard InChI is InChI=1S/C15H12N2O4S2/c1-8-10-12(22-11(8)13(18)19)16-14(23-10)17-15(20)21-7-9-5-3-2-4-6-9/h2-6H,7H2,1H3,(H,18,19)(H,16,17,20). The number of nitrogens with zero attached hydrogens (tertiary/aromatic N) is 1. The maximum absolute atomic E-state index is 11.8. The Morgan fingerprint density at radius 1 is 1.26 bits per heavy atom. The summed E-state index contributed by atoms with van der Waals surface area (Å²) in [7, 11) is 0. The first-order valence-corrected chi connectivity index (χ1v) is 8.29. The van der Waals surface area contributed by atoms with Crippen molar-refractivity contribution in [2.24, 2.45) is 0 Å². The third-order valence-electron chi connectivity index (χ3n) is 3.09. The van der Waals surface area contributed by atoms with Gasteiger partial charge in [0.2, 0.25) is 0 Å². The van der Waals surface area contributed by atoms with E-state index in [-0.39, 0.29) is 11.5 Å². The number of aromatic nitrogens is 1. The highest BCUT2D eigenvalue weighted by molar-refractivity contribution is 7.30. The number of amides is 1. The number of carboxylic acid groups (broad SMARTS) is 1. The summed E-state index contributed by atoms with van der Waals surface area (Å²) in [6.07, 6.45) is -0.591. The maximum atomic E-state index is 11.8. The van der Waals surface area contributed by atoms with Crippen LogP contribution < -0.4 is 5.32 Å². The number of hydrogen-bond acceptors (Lipinski definition) is 6. The molecule has 1 amide bonds.